The molecule has 1 aromatic rings. The summed E-state index contributed by atoms with van der Waals surface area (Å²) >= 11 is 0. The van der Waals surface area contributed by atoms with Crippen LogP contribution in [-0.2, 0) is 19.6 Å². The van der Waals surface area contributed by atoms with E-state index in [1.165, 1.54) is 11.0 Å². The van der Waals surface area contributed by atoms with Gasteiger partial charge in [-0.25, -0.2) is 13.2 Å². The zero-order valence-corrected chi connectivity index (χ0v) is 21.1. The molecule has 0 bridgehead atoms. The van der Waals surface area contributed by atoms with Crippen molar-refractivity contribution in [1.29, 1.82) is 0 Å². The van der Waals surface area contributed by atoms with Crippen LogP contribution in [0.2, 0.25) is 0 Å². The molecule has 1 aromatic carbocycles. The molecule has 35 heavy (non-hydrogen) atoms. The van der Waals surface area contributed by atoms with Crippen LogP contribution in [0.4, 0.5) is 4.79 Å². The molecule has 2 unspecified atom stereocenters. The van der Waals surface area contributed by atoms with Crippen molar-refractivity contribution in [3.05, 3.63) is 48.6 Å². The second kappa shape index (κ2) is 8.36. The largest absolute Gasteiger partial charge is 0.465 e. The number of carboxylic acid groups (broad SMARTS) is 1. The molecular weight excluding hydrogens is 470 g/mol. The van der Waals surface area contributed by atoms with E-state index >= 15 is 0 Å². The van der Waals surface area contributed by atoms with Gasteiger partial charge in [0.25, 0.3) is 5.91 Å². The number of nitrogens with one attached hydrogen (secondary N) is 2. The Kier molecular flexibility index (Phi) is 6.02. The van der Waals surface area contributed by atoms with Gasteiger partial charge < -0.3 is 10.4 Å². The zero-order chi connectivity index (χ0) is 25.8. The van der Waals surface area contributed by atoms with Crippen molar-refractivity contribution >= 4 is 27.9 Å². The lowest BCUT2D eigenvalue weighted by Gasteiger charge is -2.46. The van der Waals surface area contributed by atoms with Crippen LogP contribution in [0.15, 0.2) is 43.0 Å². The number of carbonyl (C=O) groups is 3. The third-order valence-corrected chi connectivity index (χ3v) is 9.58. The Morgan fingerprint density at radius 2 is 1.74 bits per heavy atom. The molecule has 10 heteroatoms. The number of carbonyl (C=O) groups excluding carboxylic acids is 2. The number of hydrogen-bond acceptors (Lipinski definition) is 5. The molecule has 190 valence electrons. The quantitative estimate of drug-likeness (QED) is 0.490. The van der Waals surface area contributed by atoms with Crippen molar-refractivity contribution in [2.45, 2.75) is 68.7 Å². The first-order chi connectivity index (χ1) is 16.3. The molecule has 3 amide bonds. The average molecular weight is 504 g/mol. The maximum absolute atomic E-state index is 14.1. The Morgan fingerprint density at radius 1 is 1.11 bits per heavy atom. The monoisotopic (exact) mass is 503 g/mol. The van der Waals surface area contributed by atoms with E-state index < -0.39 is 55.6 Å². The number of nitrogens with zero attached hydrogens (tertiary/aromatic N) is 1. The van der Waals surface area contributed by atoms with Crippen molar-refractivity contribution < 1.29 is 27.9 Å². The van der Waals surface area contributed by atoms with Gasteiger partial charge in [-0.15, -0.1) is 6.58 Å². The van der Waals surface area contributed by atoms with Crippen molar-refractivity contribution in [3.8, 4) is 0 Å². The number of likely N-dealkylation sites (tertiary alicyclic amines) is 1. The summed E-state index contributed by atoms with van der Waals surface area (Å²) in [7, 11) is -3.82. The van der Waals surface area contributed by atoms with Crippen LogP contribution in [-0.4, -0.2) is 59.2 Å². The molecule has 4 rings (SSSR count). The summed E-state index contributed by atoms with van der Waals surface area (Å²) in [6.07, 6.45) is 1.71. The fourth-order valence-corrected chi connectivity index (χ4v) is 6.75. The van der Waals surface area contributed by atoms with Gasteiger partial charge in [0, 0.05) is 18.4 Å². The fraction of sp³-hybridized carbons (Fsp3) is 0.560. The fourth-order valence-electron chi connectivity index (χ4n) is 5.39. The molecule has 4 atom stereocenters. The van der Waals surface area contributed by atoms with E-state index in [4.69, 9.17) is 0 Å². The van der Waals surface area contributed by atoms with E-state index in [0.717, 1.165) is 5.56 Å². The van der Waals surface area contributed by atoms with Gasteiger partial charge in [0.15, 0.2) is 0 Å². The van der Waals surface area contributed by atoms with Gasteiger partial charge in [-0.1, -0.05) is 57.2 Å². The van der Waals surface area contributed by atoms with Gasteiger partial charge >= 0.3 is 6.09 Å². The summed E-state index contributed by atoms with van der Waals surface area (Å²) in [6.45, 7) is 9.26. The van der Waals surface area contributed by atoms with Gasteiger partial charge in [0.2, 0.25) is 15.9 Å². The van der Waals surface area contributed by atoms with Crippen molar-refractivity contribution in [1.82, 2.24) is 14.9 Å². The molecule has 3 N–H and O–H groups in total. The predicted molar refractivity (Wildman–Crippen MR) is 130 cm³/mol. The summed E-state index contributed by atoms with van der Waals surface area (Å²) in [4.78, 5) is 40.8. The van der Waals surface area contributed by atoms with Crippen LogP contribution >= 0.6 is 0 Å². The van der Waals surface area contributed by atoms with E-state index in [1.807, 2.05) is 30.3 Å². The van der Waals surface area contributed by atoms with Crippen molar-refractivity contribution in [2.75, 3.05) is 6.54 Å². The number of rotatable bonds is 7. The zero-order valence-electron chi connectivity index (χ0n) is 20.3. The number of amides is 3. The molecule has 9 nitrogen and oxygen atoms in total. The molecule has 2 saturated carbocycles. The van der Waals surface area contributed by atoms with Crippen LogP contribution in [0.3, 0.4) is 0 Å². The van der Waals surface area contributed by atoms with E-state index in [2.05, 4.69) is 16.6 Å². The third-order valence-electron chi connectivity index (χ3n) is 7.76. The Bertz CT molecular complexity index is 1160. The second-order valence-electron chi connectivity index (χ2n) is 11.0. The van der Waals surface area contributed by atoms with Gasteiger partial charge in [-0.2, -0.15) is 0 Å². The lowest BCUT2D eigenvalue weighted by molar-refractivity contribution is -0.141. The van der Waals surface area contributed by atoms with Gasteiger partial charge in [0.05, 0.1) is 5.25 Å². The van der Waals surface area contributed by atoms with E-state index in [1.54, 1.807) is 20.8 Å². The highest BCUT2D eigenvalue weighted by atomic mass is 32.2. The molecule has 0 radical (unpaired) electrons. The van der Waals surface area contributed by atoms with Gasteiger partial charge in [-0.3, -0.25) is 19.2 Å². The standard InChI is InChI=1S/C25H33N3O6S/c1-5-18-14-24(18,20(29)27-35(33,34)19-11-12-19)26-21(30)25(23(2,3)4)13-17(15-28(25)22(31)32)16-9-7-6-8-10-16/h5-10,17-19H,1,11-15H2,2-4H3,(H,26,30)(H,27,29)(H,31,32)/t17-,18?,24?,25-/m1/s1. The molecule has 2 aliphatic carbocycles. The molecule has 0 spiro atoms. The first-order valence-electron chi connectivity index (χ1n) is 11.9. The number of sulfonamides is 1. The topological polar surface area (TPSA) is 133 Å². The maximum atomic E-state index is 14.1. The lowest BCUT2D eigenvalue weighted by Crippen LogP contribution is -2.67. The first kappa shape index (κ1) is 25.2. The minimum atomic E-state index is -3.82. The minimum absolute atomic E-state index is 0.129. The summed E-state index contributed by atoms with van der Waals surface area (Å²) in [6, 6.07) is 9.44. The molecule has 3 aliphatic rings. The highest BCUT2D eigenvalue weighted by Gasteiger charge is 2.66. The number of hydrogen-bond donors (Lipinski definition) is 3. The smallest absolute Gasteiger partial charge is 0.408 e. The minimum Gasteiger partial charge on any atom is -0.465 e. The number of benzene rings is 1. The highest BCUT2D eigenvalue weighted by molar-refractivity contribution is 7.91. The predicted octanol–water partition coefficient (Wildman–Crippen LogP) is 2.61. The highest BCUT2D eigenvalue weighted by Crippen LogP contribution is 2.51. The summed E-state index contributed by atoms with van der Waals surface area (Å²) in [5.74, 6) is -2.07. The van der Waals surface area contributed by atoms with Crippen molar-refractivity contribution in [2.24, 2.45) is 11.3 Å². The van der Waals surface area contributed by atoms with E-state index in [9.17, 15) is 27.9 Å². The van der Waals surface area contributed by atoms with Gasteiger partial charge in [-0.05, 0) is 36.7 Å². The first-order valence-corrected chi connectivity index (χ1v) is 13.4. The molecule has 0 aromatic heterocycles. The second-order valence-corrected chi connectivity index (χ2v) is 12.9. The Morgan fingerprint density at radius 3 is 2.23 bits per heavy atom. The van der Waals surface area contributed by atoms with Crippen LogP contribution in [0.5, 0.6) is 0 Å². The average Bonchev–Trinajstić information content (AvgIpc) is 3.69. The Hall–Kier alpha value is -2.88. The van der Waals surface area contributed by atoms with Crippen LogP contribution in [0.1, 0.15) is 57.9 Å². The maximum Gasteiger partial charge on any atom is 0.408 e. The molecular formula is C25H33N3O6S. The van der Waals surface area contributed by atoms with Crippen LogP contribution in [0, 0.1) is 11.3 Å². The van der Waals surface area contributed by atoms with E-state index in [0.29, 0.717) is 12.8 Å². The third kappa shape index (κ3) is 4.22. The SMILES string of the molecule is C=CC1CC1(NC(=O)[C@@]1(C(C)(C)C)C[C@@H](c2ccccc2)CN1C(=O)O)C(=O)NS(=O)(=O)C1CC1. The molecule has 1 saturated heterocycles. The lowest BCUT2D eigenvalue weighted by atomic mass is 9.69. The summed E-state index contributed by atoms with van der Waals surface area (Å²) in [5, 5.41) is 12.4. The Balaban J connectivity index is 1.68. The van der Waals surface area contributed by atoms with Crippen LogP contribution in [0.25, 0.3) is 0 Å². The normalized spacial score (nSPS) is 30.4. The van der Waals surface area contributed by atoms with Crippen LogP contribution < -0.4 is 10.0 Å². The molecule has 1 aliphatic heterocycles. The Labute approximate surface area is 206 Å². The molecule has 3 fully saturated rings. The van der Waals surface area contributed by atoms with Crippen molar-refractivity contribution in [3.63, 3.8) is 0 Å². The molecule has 1 heterocycles. The van der Waals surface area contributed by atoms with E-state index in [-0.39, 0.29) is 25.3 Å². The summed E-state index contributed by atoms with van der Waals surface area (Å²) in [5.41, 5.74) is -2.85. The summed E-state index contributed by atoms with van der Waals surface area (Å²) < 4.78 is 27.0. The van der Waals surface area contributed by atoms with Gasteiger partial charge in [0.1, 0.15) is 11.1 Å².